The van der Waals surface area contributed by atoms with E-state index in [2.05, 4.69) is 15.9 Å². The molecule has 1 aromatic heterocycles. The van der Waals surface area contributed by atoms with E-state index in [1.807, 2.05) is 36.6 Å². The highest BCUT2D eigenvalue weighted by Gasteiger charge is 2.11. The predicted octanol–water partition coefficient (Wildman–Crippen LogP) is 4.12. The molecule has 2 N–H and O–H groups in total. The first-order valence-corrected chi connectivity index (χ1v) is 7.57. The molecule has 0 bridgehead atoms. The fraction of sp³-hybridized carbons (Fsp3) is 0.286. The molecule has 0 radical (unpaired) electrons. The molecule has 19 heavy (non-hydrogen) atoms. The van der Waals surface area contributed by atoms with Crippen molar-refractivity contribution in [2.75, 3.05) is 7.11 Å². The van der Waals surface area contributed by atoms with Crippen molar-refractivity contribution in [3.63, 3.8) is 0 Å². The fourth-order valence-corrected chi connectivity index (χ4v) is 3.09. The zero-order chi connectivity index (χ0) is 13.8. The van der Waals surface area contributed by atoms with Crippen LogP contribution in [0.1, 0.15) is 23.4 Å². The van der Waals surface area contributed by atoms with Gasteiger partial charge in [-0.05, 0) is 40.4 Å². The molecule has 1 heterocycles. The van der Waals surface area contributed by atoms with Gasteiger partial charge in [-0.15, -0.1) is 11.3 Å². The van der Waals surface area contributed by atoms with Crippen LogP contribution in [0, 0.1) is 0 Å². The Morgan fingerprint density at radius 3 is 2.74 bits per heavy atom. The van der Waals surface area contributed by atoms with Crippen LogP contribution in [0.25, 0.3) is 0 Å². The zero-order valence-electron chi connectivity index (χ0n) is 10.9. The molecule has 0 aliphatic rings. The fourth-order valence-electron chi connectivity index (χ4n) is 1.71. The van der Waals surface area contributed by atoms with Crippen LogP contribution in [0.2, 0.25) is 0 Å². The van der Waals surface area contributed by atoms with Gasteiger partial charge in [0.1, 0.15) is 18.1 Å². The van der Waals surface area contributed by atoms with Gasteiger partial charge in [0, 0.05) is 22.1 Å². The average Bonchev–Trinajstić information content (AvgIpc) is 2.81. The van der Waals surface area contributed by atoms with Gasteiger partial charge in [0.05, 0.1) is 12.0 Å². The highest BCUT2D eigenvalue weighted by atomic mass is 79.9. The lowest BCUT2D eigenvalue weighted by Gasteiger charge is -2.15. The predicted molar refractivity (Wildman–Crippen MR) is 81.9 cm³/mol. The first-order valence-electron chi connectivity index (χ1n) is 5.90. The van der Waals surface area contributed by atoms with E-state index in [0.29, 0.717) is 6.61 Å². The van der Waals surface area contributed by atoms with Gasteiger partial charge in [0.2, 0.25) is 0 Å². The highest BCUT2D eigenvalue weighted by Crippen LogP contribution is 2.31. The van der Waals surface area contributed by atoms with Crippen LogP contribution in [0.15, 0.2) is 34.1 Å². The Kier molecular flexibility index (Phi) is 4.85. The van der Waals surface area contributed by atoms with Gasteiger partial charge in [-0.2, -0.15) is 0 Å². The lowest BCUT2D eigenvalue weighted by Crippen LogP contribution is -2.08. The Hall–Kier alpha value is -1.04. The first-order chi connectivity index (χ1) is 9.11. The topological polar surface area (TPSA) is 44.5 Å². The molecule has 5 heteroatoms. The Labute approximate surface area is 125 Å². The Morgan fingerprint density at radius 2 is 2.16 bits per heavy atom. The molecule has 0 amide bonds. The summed E-state index contributed by atoms with van der Waals surface area (Å²) in [5.41, 5.74) is 6.94. The van der Waals surface area contributed by atoms with Crippen LogP contribution in [0.5, 0.6) is 11.5 Å². The quantitative estimate of drug-likeness (QED) is 0.889. The average molecular weight is 342 g/mol. The number of ether oxygens (including phenoxy) is 2. The molecule has 0 fully saturated rings. The van der Waals surface area contributed by atoms with Crippen molar-refractivity contribution in [1.29, 1.82) is 0 Å². The first kappa shape index (κ1) is 14.4. The van der Waals surface area contributed by atoms with Crippen LogP contribution < -0.4 is 15.2 Å². The second-order valence-electron chi connectivity index (χ2n) is 4.17. The second-order valence-corrected chi connectivity index (χ2v) is 6.03. The molecule has 0 aliphatic carbocycles. The minimum absolute atomic E-state index is 0.0762. The third-order valence-electron chi connectivity index (χ3n) is 2.76. The summed E-state index contributed by atoms with van der Waals surface area (Å²) in [6, 6.07) is 7.66. The lowest BCUT2D eigenvalue weighted by atomic mass is 10.1. The summed E-state index contributed by atoms with van der Waals surface area (Å²) < 4.78 is 12.2. The van der Waals surface area contributed by atoms with E-state index in [-0.39, 0.29) is 6.04 Å². The van der Waals surface area contributed by atoms with Gasteiger partial charge >= 0.3 is 0 Å². The van der Waals surface area contributed by atoms with E-state index in [1.165, 1.54) is 0 Å². The van der Waals surface area contributed by atoms with Crippen molar-refractivity contribution in [2.45, 2.75) is 19.6 Å². The molecule has 102 valence electrons. The molecule has 1 atom stereocenters. The van der Waals surface area contributed by atoms with Crippen LogP contribution in [0.3, 0.4) is 0 Å². The molecule has 0 aliphatic heterocycles. The Balaban J connectivity index is 2.20. The summed E-state index contributed by atoms with van der Waals surface area (Å²) >= 11 is 5.16. The number of nitrogens with two attached hydrogens (primary N) is 1. The Bertz CT molecular complexity index is 554. The van der Waals surface area contributed by atoms with E-state index in [0.717, 1.165) is 26.4 Å². The number of hydrogen-bond donors (Lipinski definition) is 1. The highest BCUT2D eigenvalue weighted by molar-refractivity contribution is 9.10. The maximum atomic E-state index is 5.96. The van der Waals surface area contributed by atoms with Crippen molar-refractivity contribution in [3.8, 4) is 11.5 Å². The third-order valence-corrected chi connectivity index (χ3v) is 4.66. The molecule has 1 aromatic carbocycles. The van der Waals surface area contributed by atoms with Gasteiger partial charge < -0.3 is 15.2 Å². The van der Waals surface area contributed by atoms with Gasteiger partial charge in [-0.3, -0.25) is 0 Å². The molecule has 1 unspecified atom stereocenters. The molecule has 3 nitrogen and oxygen atoms in total. The van der Waals surface area contributed by atoms with E-state index in [9.17, 15) is 0 Å². The number of thiophene rings is 1. The van der Waals surface area contributed by atoms with E-state index < -0.39 is 0 Å². The van der Waals surface area contributed by atoms with Crippen LogP contribution in [-0.4, -0.2) is 7.11 Å². The molecular formula is C14H16BrNO2S. The summed E-state index contributed by atoms with van der Waals surface area (Å²) in [6.07, 6.45) is 0. The van der Waals surface area contributed by atoms with Crippen molar-refractivity contribution in [3.05, 3.63) is 44.6 Å². The Morgan fingerprint density at radius 1 is 1.37 bits per heavy atom. The molecule has 0 saturated heterocycles. The zero-order valence-corrected chi connectivity index (χ0v) is 13.3. The van der Waals surface area contributed by atoms with Crippen molar-refractivity contribution >= 4 is 27.3 Å². The van der Waals surface area contributed by atoms with Crippen molar-refractivity contribution < 1.29 is 9.47 Å². The van der Waals surface area contributed by atoms with Gasteiger partial charge in [-0.1, -0.05) is 6.07 Å². The summed E-state index contributed by atoms with van der Waals surface area (Å²) in [7, 11) is 1.64. The molecule has 2 aromatic rings. The van der Waals surface area contributed by atoms with Crippen molar-refractivity contribution in [2.24, 2.45) is 5.73 Å². The summed E-state index contributed by atoms with van der Waals surface area (Å²) in [5, 5.41) is 2.03. The third kappa shape index (κ3) is 3.49. The normalized spacial score (nSPS) is 12.2. The molecule has 2 rings (SSSR count). The van der Waals surface area contributed by atoms with Crippen molar-refractivity contribution in [1.82, 2.24) is 0 Å². The van der Waals surface area contributed by atoms with E-state index in [4.69, 9.17) is 15.2 Å². The molecule has 0 saturated carbocycles. The van der Waals surface area contributed by atoms with Crippen LogP contribution in [0.4, 0.5) is 0 Å². The summed E-state index contributed by atoms with van der Waals surface area (Å²) in [5.74, 6) is 1.54. The van der Waals surface area contributed by atoms with E-state index >= 15 is 0 Å². The standard InChI is InChI=1S/C14H16BrNO2S/c1-9(16)11-4-3-10(17-2)7-13(11)18-8-14-12(15)5-6-19-14/h3-7,9H,8,16H2,1-2H3. The summed E-state index contributed by atoms with van der Waals surface area (Å²) in [6.45, 7) is 2.46. The van der Waals surface area contributed by atoms with Crippen LogP contribution >= 0.6 is 27.3 Å². The number of methoxy groups -OCH3 is 1. The van der Waals surface area contributed by atoms with Crippen LogP contribution in [-0.2, 0) is 6.61 Å². The monoisotopic (exact) mass is 341 g/mol. The van der Waals surface area contributed by atoms with E-state index in [1.54, 1.807) is 18.4 Å². The van der Waals surface area contributed by atoms with Gasteiger partial charge in [0.25, 0.3) is 0 Å². The van der Waals surface area contributed by atoms with Gasteiger partial charge in [0.15, 0.2) is 0 Å². The minimum Gasteiger partial charge on any atom is -0.497 e. The molecular weight excluding hydrogens is 326 g/mol. The maximum absolute atomic E-state index is 5.96. The number of rotatable bonds is 5. The number of halogens is 1. The summed E-state index contributed by atoms with van der Waals surface area (Å²) in [4.78, 5) is 1.15. The minimum atomic E-state index is -0.0762. The smallest absolute Gasteiger partial charge is 0.128 e. The SMILES string of the molecule is COc1ccc(C(C)N)c(OCc2sccc2Br)c1. The second kappa shape index (κ2) is 6.41. The number of hydrogen-bond acceptors (Lipinski definition) is 4. The largest absolute Gasteiger partial charge is 0.497 e. The lowest BCUT2D eigenvalue weighted by molar-refractivity contribution is 0.301. The molecule has 0 spiro atoms. The number of benzene rings is 1. The maximum Gasteiger partial charge on any atom is 0.128 e. The van der Waals surface area contributed by atoms with Gasteiger partial charge in [-0.25, -0.2) is 0 Å².